The zero-order valence-electron chi connectivity index (χ0n) is 20.8. The average Bonchev–Trinajstić information content (AvgIpc) is 3.47. The maximum atomic E-state index is 13.3. The third kappa shape index (κ3) is 7.11. The summed E-state index contributed by atoms with van der Waals surface area (Å²) < 4.78 is 0. The van der Waals surface area contributed by atoms with Crippen molar-refractivity contribution in [1.29, 1.82) is 0 Å². The molecule has 0 aliphatic carbocycles. The summed E-state index contributed by atoms with van der Waals surface area (Å²) in [5.41, 5.74) is 18.8. The average molecular weight is 514 g/mol. The number of ketones is 1. The van der Waals surface area contributed by atoms with Gasteiger partial charge in [0.1, 0.15) is 6.04 Å². The first-order chi connectivity index (χ1) is 17.2. The standard InChI is InChI=1S/C25H35N7O3S/c1-15-16(2)36-23(30-15)21(33)19(10-6-12-29-25(27)28)31-22(34)20-11-7-13-32(20)24(35)18(26)14-17-8-4-3-5-9-17/h3-5,8-9,18-20H,6-7,10-14,26H2,1-2H3,(H,31,34)(H4,27,28,29)/t18?,19?,20-/m0/s1. The second-order valence-electron chi connectivity index (χ2n) is 9.02. The van der Waals surface area contributed by atoms with Gasteiger partial charge in [0.2, 0.25) is 17.6 Å². The molecule has 3 atom stereocenters. The van der Waals surface area contributed by atoms with Gasteiger partial charge in [-0.05, 0) is 51.5 Å². The SMILES string of the molecule is Cc1nc(C(=O)C(CCCN=C(N)N)NC(=O)[C@@H]2CCCN2C(=O)C(N)Cc2ccccc2)sc1C. The van der Waals surface area contributed by atoms with Crippen LogP contribution in [-0.4, -0.2) is 64.7 Å². The van der Waals surface area contributed by atoms with E-state index in [1.165, 1.54) is 11.3 Å². The quantitative estimate of drug-likeness (QED) is 0.150. The fraction of sp³-hybridized carbons (Fsp3) is 0.480. The molecular formula is C25H35N7O3S. The van der Waals surface area contributed by atoms with Crippen LogP contribution >= 0.6 is 11.3 Å². The smallest absolute Gasteiger partial charge is 0.243 e. The van der Waals surface area contributed by atoms with Crippen LogP contribution in [0, 0.1) is 13.8 Å². The lowest BCUT2D eigenvalue weighted by Crippen LogP contribution is -2.54. The number of Topliss-reactive ketones (excluding diaryl/α,β-unsaturated/α-hetero) is 1. The monoisotopic (exact) mass is 513 g/mol. The van der Waals surface area contributed by atoms with Crippen molar-refractivity contribution in [3.8, 4) is 0 Å². The van der Waals surface area contributed by atoms with Gasteiger partial charge >= 0.3 is 0 Å². The second kappa shape index (κ2) is 12.6. The third-order valence-electron chi connectivity index (χ3n) is 6.27. The molecule has 2 unspecified atom stereocenters. The first-order valence-corrected chi connectivity index (χ1v) is 12.9. The molecule has 1 aliphatic rings. The fourth-order valence-electron chi connectivity index (χ4n) is 4.24. The van der Waals surface area contributed by atoms with Crippen molar-refractivity contribution < 1.29 is 14.4 Å². The van der Waals surface area contributed by atoms with Gasteiger partial charge in [-0.25, -0.2) is 4.98 Å². The number of benzene rings is 1. The maximum Gasteiger partial charge on any atom is 0.243 e. The number of hydrogen-bond acceptors (Lipinski definition) is 7. The van der Waals surface area contributed by atoms with Crippen LogP contribution in [-0.2, 0) is 16.0 Å². The van der Waals surface area contributed by atoms with E-state index in [2.05, 4.69) is 15.3 Å². The molecule has 0 saturated carbocycles. The molecule has 2 aromatic rings. The number of carbonyl (C=O) groups is 3. The Morgan fingerprint density at radius 3 is 2.58 bits per heavy atom. The molecule has 1 aromatic carbocycles. The minimum Gasteiger partial charge on any atom is -0.370 e. The Bertz CT molecular complexity index is 1080. The number of aromatic nitrogens is 1. The van der Waals surface area contributed by atoms with Gasteiger partial charge in [0.15, 0.2) is 11.0 Å². The molecule has 1 aromatic heterocycles. The van der Waals surface area contributed by atoms with Gasteiger partial charge < -0.3 is 27.4 Å². The van der Waals surface area contributed by atoms with Crippen LogP contribution in [0.5, 0.6) is 0 Å². The Balaban J connectivity index is 1.70. The molecule has 36 heavy (non-hydrogen) atoms. The molecule has 1 fully saturated rings. The number of rotatable bonds is 11. The molecule has 1 aliphatic heterocycles. The molecule has 2 heterocycles. The third-order valence-corrected chi connectivity index (χ3v) is 7.36. The summed E-state index contributed by atoms with van der Waals surface area (Å²) >= 11 is 1.30. The van der Waals surface area contributed by atoms with E-state index in [0.29, 0.717) is 50.2 Å². The predicted octanol–water partition coefficient (Wildman–Crippen LogP) is 1.04. The van der Waals surface area contributed by atoms with Crippen LogP contribution in [0.2, 0.25) is 0 Å². The van der Waals surface area contributed by atoms with Gasteiger partial charge in [0.25, 0.3) is 0 Å². The summed E-state index contributed by atoms with van der Waals surface area (Å²) in [4.78, 5) is 50.5. The molecule has 3 rings (SSSR count). The highest BCUT2D eigenvalue weighted by Crippen LogP contribution is 2.22. The Morgan fingerprint density at radius 1 is 1.22 bits per heavy atom. The maximum absolute atomic E-state index is 13.3. The number of likely N-dealkylation sites (tertiary alicyclic amines) is 1. The van der Waals surface area contributed by atoms with Crippen LogP contribution in [0.1, 0.15) is 51.6 Å². The Morgan fingerprint density at radius 2 is 1.94 bits per heavy atom. The Labute approximate surface area is 215 Å². The Hall–Kier alpha value is -3.31. The van der Waals surface area contributed by atoms with Crippen LogP contribution in [0.4, 0.5) is 0 Å². The minimum absolute atomic E-state index is 0.0277. The van der Waals surface area contributed by atoms with Crippen LogP contribution < -0.4 is 22.5 Å². The summed E-state index contributed by atoms with van der Waals surface area (Å²) in [7, 11) is 0. The zero-order valence-corrected chi connectivity index (χ0v) is 21.6. The molecular weight excluding hydrogens is 478 g/mol. The molecule has 194 valence electrons. The van der Waals surface area contributed by atoms with Gasteiger partial charge in [-0.2, -0.15) is 0 Å². The second-order valence-corrected chi connectivity index (χ2v) is 10.2. The summed E-state index contributed by atoms with van der Waals surface area (Å²) in [5, 5.41) is 3.23. The highest BCUT2D eigenvalue weighted by Gasteiger charge is 2.37. The topological polar surface area (TPSA) is 170 Å². The van der Waals surface area contributed by atoms with Crippen LogP contribution in [0.3, 0.4) is 0 Å². The number of nitrogens with two attached hydrogens (primary N) is 3. The number of nitrogens with one attached hydrogen (secondary N) is 1. The highest BCUT2D eigenvalue weighted by atomic mass is 32.1. The van der Waals surface area contributed by atoms with Gasteiger partial charge in [-0.1, -0.05) is 30.3 Å². The normalized spacial score (nSPS) is 16.9. The van der Waals surface area contributed by atoms with E-state index in [-0.39, 0.29) is 23.6 Å². The lowest BCUT2D eigenvalue weighted by atomic mass is 10.0. The number of aryl methyl sites for hydroxylation is 2. The van der Waals surface area contributed by atoms with E-state index >= 15 is 0 Å². The van der Waals surface area contributed by atoms with Crippen molar-refractivity contribution in [1.82, 2.24) is 15.2 Å². The van der Waals surface area contributed by atoms with Crippen molar-refractivity contribution in [3.05, 3.63) is 51.5 Å². The van der Waals surface area contributed by atoms with Gasteiger partial charge in [0, 0.05) is 18.0 Å². The van der Waals surface area contributed by atoms with Crippen molar-refractivity contribution in [2.45, 2.75) is 64.1 Å². The molecule has 1 saturated heterocycles. The number of carbonyl (C=O) groups excluding carboxylic acids is 3. The van der Waals surface area contributed by atoms with E-state index in [1.54, 1.807) is 4.90 Å². The number of nitrogens with zero attached hydrogens (tertiary/aromatic N) is 3. The molecule has 0 spiro atoms. The molecule has 10 nitrogen and oxygen atoms in total. The highest BCUT2D eigenvalue weighted by molar-refractivity contribution is 7.13. The number of amides is 2. The summed E-state index contributed by atoms with van der Waals surface area (Å²) in [5.74, 6) is -0.915. The fourth-order valence-corrected chi connectivity index (χ4v) is 5.15. The van der Waals surface area contributed by atoms with Gasteiger partial charge in [-0.15, -0.1) is 11.3 Å². The van der Waals surface area contributed by atoms with E-state index in [9.17, 15) is 14.4 Å². The van der Waals surface area contributed by atoms with Crippen molar-refractivity contribution >= 4 is 34.9 Å². The lowest BCUT2D eigenvalue weighted by molar-refractivity contribution is -0.139. The summed E-state index contributed by atoms with van der Waals surface area (Å²) in [6.07, 6.45) is 2.43. The number of hydrogen-bond donors (Lipinski definition) is 4. The summed E-state index contributed by atoms with van der Waals surface area (Å²) in [6, 6.07) is 7.31. The van der Waals surface area contributed by atoms with Gasteiger partial charge in [0.05, 0.1) is 17.8 Å². The van der Waals surface area contributed by atoms with E-state index in [1.807, 2.05) is 44.2 Å². The molecule has 0 bridgehead atoms. The van der Waals surface area contributed by atoms with Crippen molar-refractivity contribution in [2.24, 2.45) is 22.2 Å². The number of thiazole rings is 1. The van der Waals surface area contributed by atoms with Crippen molar-refractivity contribution in [3.63, 3.8) is 0 Å². The van der Waals surface area contributed by atoms with Crippen LogP contribution in [0.15, 0.2) is 35.3 Å². The lowest BCUT2D eigenvalue weighted by Gasteiger charge is -2.28. The predicted molar refractivity (Wildman–Crippen MR) is 141 cm³/mol. The number of guanidine groups is 1. The molecule has 11 heteroatoms. The van der Waals surface area contributed by atoms with Gasteiger partial charge in [-0.3, -0.25) is 19.4 Å². The van der Waals surface area contributed by atoms with E-state index in [0.717, 1.165) is 16.1 Å². The molecule has 2 amide bonds. The minimum atomic E-state index is -0.799. The largest absolute Gasteiger partial charge is 0.370 e. The van der Waals surface area contributed by atoms with E-state index < -0.39 is 18.1 Å². The molecule has 7 N–H and O–H groups in total. The zero-order chi connectivity index (χ0) is 26.2. The summed E-state index contributed by atoms with van der Waals surface area (Å²) in [6.45, 7) is 4.53. The van der Waals surface area contributed by atoms with Crippen LogP contribution in [0.25, 0.3) is 0 Å². The van der Waals surface area contributed by atoms with Crippen molar-refractivity contribution in [2.75, 3.05) is 13.1 Å². The van der Waals surface area contributed by atoms with E-state index in [4.69, 9.17) is 17.2 Å². The first-order valence-electron chi connectivity index (χ1n) is 12.1. The first kappa shape index (κ1) is 27.3. The Kier molecular flexibility index (Phi) is 9.54. The molecule has 0 radical (unpaired) electrons. The number of aliphatic imine (C=N–C) groups is 1.